The molecule has 0 saturated carbocycles. The van der Waals surface area contributed by atoms with Crippen molar-refractivity contribution in [1.29, 1.82) is 0 Å². The van der Waals surface area contributed by atoms with Gasteiger partial charge in [-0.25, -0.2) is 0 Å². The summed E-state index contributed by atoms with van der Waals surface area (Å²) < 4.78 is 5.27. The van der Waals surface area contributed by atoms with E-state index >= 15 is 0 Å². The van der Waals surface area contributed by atoms with Crippen molar-refractivity contribution in [3.63, 3.8) is 0 Å². The first kappa shape index (κ1) is 13.4. The highest BCUT2D eigenvalue weighted by atomic mass is 16.5. The number of hydrogen-bond donors (Lipinski definition) is 0. The zero-order valence-corrected chi connectivity index (χ0v) is 11.6. The average molecular weight is 252 g/mol. The van der Waals surface area contributed by atoms with Crippen LogP contribution in [-0.2, 0) is 6.42 Å². The van der Waals surface area contributed by atoms with Crippen molar-refractivity contribution in [2.45, 2.75) is 19.3 Å². The van der Waals surface area contributed by atoms with E-state index in [9.17, 15) is 0 Å². The molecule has 0 radical (unpaired) electrons. The Morgan fingerprint density at radius 2 is 1.84 bits per heavy atom. The molecule has 2 aromatic rings. The fraction of sp³-hybridized carbons (Fsp3) is 0.222. The van der Waals surface area contributed by atoms with E-state index in [2.05, 4.69) is 49.9 Å². The van der Waals surface area contributed by atoms with E-state index in [4.69, 9.17) is 4.74 Å². The predicted octanol–water partition coefficient (Wildman–Crippen LogP) is 4.60. The second kappa shape index (κ2) is 6.24. The van der Waals surface area contributed by atoms with Gasteiger partial charge >= 0.3 is 0 Å². The van der Waals surface area contributed by atoms with E-state index in [0.29, 0.717) is 5.92 Å². The van der Waals surface area contributed by atoms with Crippen LogP contribution < -0.4 is 4.74 Å². The normalized spacial score (nSPS) is 11.9. The number of rotatable bonds is 5. The largest absolute Gasteiger partial charge is 0.497 e. The lowest BCUT2D eigenvalue weighted by Crippen LogP contribution is -2.00. The Bertz CT molecular complexity index is 543. The van der Waals surface area contributed by atoms with E-state index in [-0.39, 0.29) is 0 Å². The molecule has 0 aromatic heterocycles. The van der Waals surface area contributed by atoms with E-state index < -0.39 is 0 Å². The van der Waals surface area contributed by atoms with E-state index in [0.717, 1.165) is 12.2 Å². The molecule has 1 nitrogen and oxygen atoms in total. The van der Waals surface area contributed by atoms with Gasteiger partial charge in [0.15, 0.2) is 0 Å². The van der Waals surface area contributed by atoms with Gasteiger partial charge in [-0.2, -0.15) is 0 Å². The standard InChI is InChI=1S/C18H20O/c1-14(12-16-8-5-4-6-9-16)15(2)17-10-7-11-18(13-17)19-3/h4-11,13,15H,1,12H2,2-3H3. The lowest BCUT2D eigenvalue weighted by Gasteiger charge is -2.16. The monoisotopic (exact) mass is 252 g/mol. The maximum Gasteiger partial charge on any atom is 0.119 e. The molecule has 0 bridgehead atoms. The molecule has 0 aliphatic carbocycles. The highest BCUT2D eigenvalue weighted by Crippen LogP contribution is 2.27. The zero-order chi connectivity index (χ0) is 13.7. The van der Waals surface area contributed by atoms with E-state index in [1.54, 1.807) is 7.11 Å². The van der Waals surface area contributed by atoms with Gasteiger partial charge < -0.3 is 4.74 Å². The molecule has 2 aromatic carbocycles. The predicted molar refractivity (Wildman–Crippen MR) is 80.7 cm³/mol. The highest BCUT2D eigenvalue weighted by molar-refractivity contribution is 5.35. The van der Waals surface area contributed by atoms with Gasteiger partial charge in [-0.15, -0.1) is 0 Å². The summed E-state index contributed by atoms with van der Waals surface area (Å²) in [5, 5.41) is 0. The summed E-state index contributed by atoms with van der Waals surface area (Å²) in [6.45, 7) is 6.44. The quantitative estimate of drug-likeness (QED) is 0.707. The molecular formula is C18H20O. The Labute approximate surface area is 115 Å². The number of ether oxygens (including phenoxy) is 1. The third kappa shape index (κ3) is 3.47. The van der Waals surface area contributed by atoms with Crippen LogP contribution in [0, 0.1) is 0 Å². The summed E-state index contributed by atoms with van der Waals surface area (Å²) in [4.78, 5) is 0. The van der Waals surface area contributed by atoms with Gasteiger partial charge in [-0.3, -0.25) is 0 Å². The molecule has 0 fully saturated rings. The molecule has 1 atom stereocenters. The molecule has 19 heavy (non-hydrogen) atoms. The summed E-state index contributed by atoms with van der Waals surface area (Å²) in [5.74, 6) is 1.23. The Morgan fingerprint density at radius 1 is 1.11 bits per heavy atom. The molecule has 0 spiro atoms. The van der Waals surface area contributed by atoms with E-state index in [1.807, 2.05) is 18.2 Å². The third-order valence-electron chi connectivity index (χ3n) is 3.48. The van der Waals surface area contributed by atoms with Crippen molar-refractivity contribution in [3.05, 3.63) is 77.9 Å². The van der Waals surface area contributed by atoms with Crippen LogP contribution in [0.25, 0.3) is 0 Å². The van der Waals surface area contributed by atoms with Crippen LogP contribution in [0.3, 0.4) is 0 Å². The molecule has 0 amide bonds. The lowest BCUT2D eigenvalue weighted by molar-refractivity contribution is 0.414. The van der Waals surface area contributed by atoms with Gasteiger partial charge in [0.2, 0.25) is 0 Å². The van der Waals surface area contributed by atoms with Crippen LogP contribution in [0.1, 0.15) is 24.0 Å². The summed E-state index contributed by atoms with van der Waals surface area (Å²) in [6, 6.07) is 18.7. The van der Waals surface area contributed by atoms with Crippen LogP contribution in [0.4, 0.5) is 0 Å². The maximum atomic E-state index is 5.27. The maximum absolute atomic E-state index is 5.27. The highest BCUT2D eigenvalue weighted by Gasteiger charge is 2.10. The number of allylic oxidation sites excluding steroid dienone is 1. The smallest absolute Gasteiger partial charge is 0.119 e. The van der Waals surface area contributed by atoms with Crippen molar-refractivity contribution in [2.24, 2.45) is 0 Å². The number of methoxy groups -OCH3 is 1. The molecule has 2 rings (SSSR count). The first-order valence-corrected chi connectivity index (χ1v) is 6.56. The number of hydrogen-bond acceptors (Lipinski definition) is 1. The van der Waals surface area contributed by atoms with Gasteiger partial charge in [-0.1, -0.05) is 61.5 Å². The second-order valence-electron chi connectivity index (χ2n) is 4.82. The van der Waals surface area contributed by atoms with Crippen LogP contribution in [0.15, 0.2) is 66.7 Å². The fourth-order valence-corrected chi connectivity index (χ4v) is 2.16. The minimum atomic E-state index is 0.329. The van der Waals surface area contributed by atoms with Gasteiger partial charge in [0.25, 0.3) is 0 Å². The first-order valence-electron chi connectivity index (χ1n) is 6.56. The molecular weight excluding hydrogens is 232 g/mol. The summed E-state index contributed by atoms with van der Waals surface area (Å²) >= 11 is 0. The molecule has 98 valence electrons. The summed E-state index contributed by atoms with van der Waals surface area (Å²) in [6.07, 6.45) is 0.916. The molecule has 0 saturated heterocycles. The minimum absolute atomic E-state index is 0.329. The Morgan fingerprint density at radius 3 is 2.53 bits per heavy atom. The fourth-order valence-electron chi connectivity index (χ4n) is 2.16. The Kier molecular flexibility index (Phi) is 4.40. The van der Waals surface area contributed by atoms with Crippen LogP contribution in [0.2, 0.25) is 0 Å². The van der Waals surface area contributed by atoms with Gasteiger partial charge in [0.1, 0.15) is 5.75 Å². The van der Waals surface area contributed by atoms with Crippen LogP contribution >= 0.6 is 0 Å². The summed E-state index contributed by atoms with van der Waals surface area (Å²) in [5.41, 5.74) is 3.78. The minimum Gasteiger partial charge on any atom is -0.497 e. The first-order chi connectivity index (χ1) is 9.20. The zero-order valence-electron chi connectivity index (χ0n) is 11.6. The molecule has 0 aliphatic rings. The van der Waals surface area contributed by atoms with Crippen molar-refractivity contribution >= 4 is 0 Å². The molecule has 0 heterocycles. The Hall–Kier alpha value is -2.02. The molecule has 0 aliphatic heterocycles. The van der Waals surface area contributed by atoms with Gasteiger partial charge in [-0.05, 0) is 29.7 Å². The van der Waals surface area contributed by atoms with Crippen LogP contribution in [0.5, 0.6) is 5.75 Å². The van der Waals surface area contributed by atoms with Crippen LogP contribution in [-0.4, -0.2) is 7.11 Å². The van der Waals surface area contributed by atoms with Crippen molar-refractivity contribution in [3.8, 4) is 5.75 Å². The average Bonchev–Trinajstić information content (AvgIpc) is 2.47. The SMILES string of the molecule is C=C(Cc1ccccc1)C(C)c1cccc(OC)c1. The van der Waals surface area contributed by atoms with Gasteiger partial charge in [0, 0.05) is 5.92 Å². The van der Waals surface area contributed by atoms with Crippen molar-refractivity contribution in [2.75, 3.05) is 7.11 Å². The summed E-state index contributed by atoms with van der Waals surface area (Å²) in [7, 11) is 1.70. The van der Waals surface area contributed by atoms with Gasteiger partial charge in [0.05, 0.1) is 7.11 Å². The van der Waals surface area contributed by atoms with Crippen molar-refractivity contribution in [1.82, 2.24) is 0 Å². The van der Waals surface area contributed by atoms with E-state index in [1.165, 1.54) is 16.7 Å². The second-order valence-corrected chi connectivity index (χ2v) is 4.82. The topological polar surface area (TPSA) is 9.23 Å². The lowest BCUT2D eigenvalue weighted by atomic mass is 9.90. The molecule has 0 N–H and O–H groups in total. The Balaban J connectivity index is 2.10. The van der Waals surface area contributed by atoms with Crippen molar-refractivity contribution < 1.29 is 4.74 Å². The number of benzene rings is 2. The molecule has 1 unspecified atom stereocenters. The molecule has 1 heteroatoms. The third-order valence-corrected chi connectivity index (χ3v) is 3.48.